The van der Waals surface area contributed by atoms with Gasteiger partial charge in [0.15, 0.2) is 5.69 Å². The maximum absolute atomic E-state index is 12.6. The molecule has 118 valence electrons. The third-order valence-corrected chi connectivity index (χ3v) is 4.46. The number of aromatic nitrogens is 3. The zero-order valence-corrected chi connectivity index (χ0v) is 13.2. The summed E-state index contributed by atoms with van der Waals surface area (Å²) in [6.45, 7) is 1.08. The average Bonchev–Trinajstić information content (AvgIpc) is 3.18. The van der Waals surface area contributed by atoms with Gasteiger partial charge >= 0.3 is 0 Å². The minimum absolute atomic E-state index is 0.00941. The standard InChI is InChI=1S/C15H14N4O3S/c1-21-11-4-2-3-10-12(11)17-18-13(10)14(20)19-7-9(8-19)22-15-16-5-6-23-15/h2-6,9H,7-8H2,1H3,(H,17,18). The summed E-state index contributed by atoms with van der Waals surface area (Å²) in [6, 6.07) is 5.53. The van der Waals surface area contributed by atoms with Crippen LogP contribution in [-0.4, -0.2) is 52.3 Å². The molecule has 0 bridgehead atoms. The Labute approximate surface area is 135 Å². The van der Waals surface area contributed by atoms with Crippen molar-refractivity contribution in [3.63, 3.8) is 0 Å². The van der Waals surface area contributed by atoms with Crippen molar-refractivity contribution >= 4 is 28.1 Å². The zero-order chi connectivity index (χ0) is 15.8. The number of nitrogens with zero attached hydrogens (tertiary/aromatic N) is 3. The van der Waals surface area contributed by atoms with Crippen LogP contribution < -0.4 is 9.47 Å². The molecule has 7 nitrogen and oxygen atoms in total. The molecule has 1 aliphatic heterocycles. The SMILES string of the molecule is COc1cccc2c(C(=O)N3CC(Oc4nccs4)C3)n[nH]c12. The van der Waals surface area contributed by atoms with Crippen LogP contribution in [0.2, 0.25) is 0 Å². The number of H-pyrrole nitrogens is 1. The summed E-state index contributed by atoms with van der Waals surface area (Å²) < 4.78 is 11.0. The van der Waals surface area contributed by atoms with Crippen LogP contribution >= 0.6 is 11.3 Å². The number of likely N-dealkylation sites (tertiary alicyclic amines) is 1. The molecule has 0 aliphatic carbocycles. The number of hydrogen-bond donors (Lipinski definition) is 1. The molecule has 0 saturated carbocycles. The lowest BCUT2D eigenvalue weighted by Gasteiger charge is -2.37. The van der Waals surface area contributed by atoms with Gasteiger partial charge in [0.25, 0.3) is 11.1 Å². The van der Waals surface area contributed by atoms with Gasteiger partial charge < -0.3 is 14.4 Å². The Morgan fingerprint density at radius 2 is 2.30 bits per heavy atom. The first kappa shape index (κ1) is 14.0. The van der Waals surface area contributed by atoms with Gasteiger partial charge in [-0.1, -0.05) is 23.5 Å². The smallest absolute Gasteiger partial charge is 0.275 e. The highest BCUT2D eigenvalue weighted by atomic mass is 32.1. The number of amides is 1. The number of hydrogen-bond acceptors (Lipinski definition) is 6. The largest absolute Gasteiger partial charge is 0.494 e. The Morgan fingerprint density at radius 1 is 1.43 bits per heavy atom. The number of aromatic amines is 1. The Balaban J connectivity index is 1.48. The van der Waals surface area contributed by atoms with Crippen molar-refractivity contribution in [3.8, 4) is 10.9 Å². The van der Waals surface area contributed by atoms with Gasteiger partial charge in [-0.15, -0.1) is 0 Å². The van der Waals surface area contributed by atoms with Crippen molar-refractivity contribution in [3.05, 3.63) is 35.5 Å². The number of benzene rings is 1. The summed E-state index contributed by atoms with van der Waals surface area (Å²) in [5.74, 6) is 0.561. The zero-order valence-electron chi connectivity index (χ0n) is 12.4. The van der Waals surface area contributed by atoms with Crippen LogP contribution in [0.1, 0.15) is 10.5 Å². The summed E-state index contributed by atoms with van der Waals surface area (Å²) in [7, 11) is 1.59. The molecule has 2 aromatic heterocycles. The van der Waals surface area contributed by atoms with Crippen molar-refractivity contribution in [2.24, 2.45) is 0 Å². The fourth-order valence-corrected chi connectivity index (χ4v) is 3.14. The molecule has 0 unspecified atom stereocenters. The average molecular weight is 330 g/mol. The molecule has 4 rings (SSSR count). The lowest BCUT2D eigenvalue weighted by molar-refractivity contribution is 0.0174. The first-order chi connectivity index (χ1) is 11.3. The van der Waals surface area contributed by atoms with Crippen LogP contribution in [0.3, 0.4) is 0 Å². The Bertz CT molecular complexity index is 840. The van der Waals surface area contributed by atoms with Crippen molar-refractivity contribution < 1.29 is 14.3 Å². The van der Waals surface area contributed by atoms with E-state index in [0.29, 0.717) is 29.7 Å². The molecule has 1 saturated heterocycles. The number of carbonyl (C=O) groups is 1. The monoisotopic (exact) mass is 330 g/mol. The van der Waals surface area contributed by atoms with Gasteiger partial charge in [-0.25, -0.2) is 4.98 Å². The van der Waals surface area contributed by atoms with Crippen molar-refractivity contribution in [2.75, 3.05) is 20.2 Å². The van der Waals surface area contributed by atoms with Crippen LogP contribution in [0.15, 0.2) is 29.8 Å². The Hall–Kier alpha value is -2.61. The van der Waals surface area contributed by atoms with Gasteiger partial charge in [0.05, 0.1) is 20.2 Å². The van der Waals surface area contributed by atoms with Crippen LogP contribution in [0.25, 0.3) is 10.9 Å². The summed E-state index contributed by atoms with van der Waals surface area (Å²) in [4.78, 5) is 18.4. The van der Waals surface area contributed by atoms with E-state index in [1.54, 1.807) is 18.2 Å². The lowest BCUT2D eigenvalue weighted by Crippen LogP contribution is -2.56. The van der Waals surface area contributed by atoms with Crippen molar-refractivity contribution in [1.29, 1.82) is 0 Å². The van der Waals surface area contributed by atoms with E-state index in [-0.39, 0.29) is 12.0 Å². The number of carbonyl (C=O) groups excluding carboxylic acids is 1. The molecular weight excluding hydrogens is 316 g/mol. The Morgan fingerprint density at radius 3 is 3.04 bits per heavy atom. The van der Waals surface area contributed by atoms with Crippen molar-refractivity contribution in [1.82, 2.24) is 20.1 Å². The van der Waals surface area contributed by atoms with Gasteiger partial charge in [-0.05, 0) is 6.07 Å². The molecule has 0 radical (unpaired) electrons. The van der Waals surface area contributed by atoms with E-state index in [4.69, 9.17) is 9.47 Å². The highest BCUT2D eigenvalue weighted by Crippen LogP contribution is 2.27. The van der Waals surface area contributed by atoms with E-state index in [9.17, 15) is 4.79 Å². The number of nitrogens with one attached hydrogen (secondary N) is 1. The quantitative estimate of drug-likeness (QED) is 0.790. The van der Waals surface area contributed by atoms with Crippen LogP contribution in [0.4, 0.5) is 0 Å². The molecule has 1 aliphatic rings. The van der Waals surface area contributed by atoms with Gasteiger partial charge in [0.1, 0.15) is 17.4 Å². The van der Waals surface area contributed by atoms with Gasteiger partial charge in [-0.2, -0.15) is 5.10 Å². The summed E-state index contributed by atoms with van der Waals surface area (Å²) in [5.41, 5.74) is 1.14. The molecule has 8 heteroatoms. The molecule has 3 aromatic rings. The third kappa shape index (κ3) is 2.40. The van der Waals surface area contributed by atoms with Crippen LogP contribution in [-0.2, 0) is 0 Å². The number of methoxy groups -OCH3 is 1. The highest BCUT2D eigenvalue weighted by molar-refractivity contribution is 7.11. The van der Waals surface area contributed by atoms with E-state index >= 15 is 0 Å². The summed E-state index contributed by atoms with van der Waals surface area (Å²) in [5, 5.41) is 10.3. The van der Waals surface area contributed by atoms with Crippen LogP contribution in [0, 0.1) is 0 Å². The second kappa shape index (κ2) is 5.54. The molecule has 1 aromatic carbocycles. The molecule has 1 fully saturated rings. The second-order valence-corrected chi connectivity index (χ2v) is 6.06. The maximum Gasteiger partial charge on any atom is 0.275 e. The molecule has 0 atom stereocenters. The van der Waals surface area contributed by atoms with E-state index < -0.39 is 0 Å². The number of rotatable bonds is 4. The minimum Gasteiger partial charge on any atom is -0.494 e. The van der Waals surface area contributed by atoms with Crippen molar-refractivity contribution in [2.45, 2.75) is 6.10 Å². The van der Waals surface area contributed by atoms with Gasteiger partial charge in [0.2, 0.25) is 0 Å². The number of thiazole rings is 1. The van der Waals surface area contributed by atoms with E-state index in [2.05, 4.69) is 15.2 Å². The van der Waals surface area contributed by atoms with Gasteiger partial charge in [-0.3, -0.25) is 9.89 Å². The maximum atomic E-state index is 12.6. The molecular formula is C15H14N4O3S. The molecule has 0 spiro atoms. The topological polar surface area (TPSA) is 80.3 Å². The van der Waals surface area contributed by atoms with Crippen LogP contribution in [0.5, 0.6) is 10.9 Å². The fraction of sp³-hybridized carbons (Fsp3) is 0.267. The summed E-state index contributed by atoms with van der Waals surface area (Å²) >= 11 is 1.45. The van der Waals surface area contributed by atoms with E-state index in [0.717, 1.165) is 10.9 Å². The number of ether oxygens (including phenoxy) is 2. The summed E-state index contributed by atoms with van der Waals surface area (Å²) in [6.07, 6.45) is 1.69. The van der Waals surface area contributed by atoms with Gasteiger partial charge in [0, 0.05) is 17.0 Å². The van der Waals surface area contributed by atoms with E-state index in [1.807, 2.05) is 23.6 Å². The lowest BCUT2D eigenvalue weighted by atomic mass is 10.1. The second-order valence-electron chi connectivity index (χ2n) is 5.20. The first-order valence-electron chi connectivity index (χ1n) is 7.13. The fourth-order valence-electron chi connectivity index (χ4n) is 2.59. The minimum atomic E-state index is -0.108. The number of para-hydroxylation sites is 1. The molecule has 3 heterocycles. The molecule has 1 amide bonds. The predicted molar refractivity (Wildman–Crippen MR) is 85.1 cm³/mol. The molecule has 23 heavy (non-hydrogen) atoms. The first-order valence-corrected chi connectivity index (χ1v) is 8.00. The Kier molecular flexibility index (Phi) is 3.38. The molecule has 1 N–H and O–H groups in total. The normalized spacial score (nSPS) is 14.7. The third-order valence-electron chi connectivity index (χ3n) is 3.80. The van der Waals surface area contributed by atoms with E-state index in [1.165, 1.54) is 11.3 Å². The predicted octanol–water partition coefficient (Wildman–Crippen LogP) is 1.93. The number of fused-ring (bicyclic) bond motifs is 1. The highest BCUT2D eigenvalue weighted by Gasteiger charge is 2.35.